The molecular formula is C20H30F2N2O. The number of aliphatic hydroxyl groups excluding tert-OH is 1. The van der Waals surface area contributed by atoms with Gasteiger partial charge in [-0.3, -0.25) is 4.90 Å². The van der Waals surface area contributed by atoms with Crippen LogP contribution in [-0.4, -0.2) is 53.5 Å². The Morgan fingerprint density at radius 3 is 2.84 bits per heavy atom. The second-order valence-corrected chi connectivity index (χ2v) is 8.41. The summed E-state index contributed by atoms with van der Waals surface area (Å²) in [6.45, 7) is 3.51. The Balaban J connectivity index is 1.49. The largest absolute Gasteiger partial charge is 0.396 e. The van der Waals surface area contributed by atoms with Crippen LogP contribution < -0.4 is 5.32 Å². The van der Waals surface area contributed by atoms with Gasteiger partial charge >= 0.3 is 0 Å². The van der Waals surface area contributed by atoms with Crippen molar-refractivity contribution in [3.63, 3.8) is 0 Å². The second-order valence-electron chi connectivity index (χ2n) is 8.41. The lowest BCUT2D eigenvalue weighted by atomic mass is 9.83. The van der Waals surface area contributed by atoms with Crippen molar-refractivity contribution < 1.29 is 13.9 Å². The first-order valence-corrected chi connectivity index (χ1v) is 9.92. The Kier molecular flexibility index (Phi) is 5.00. The van der Waals surface area contributed by atoms with Gasteiger partial charge in [0.05, 0.1) is 0 Å². The predicted octanol–water partition coefficient (Wildman–Crippen LogP) is 3.11. The zero-order chi connectivity index (χ0) is 17.6. The fraction of sp³-hybridized carbons (Fsp3) is 0.800. The standard InChI is InChI=1S/C20H30F2N2O/c1-12-9-13(11-25)5-6-18(12)24-8-7-16-19(24)10-17(23-16)20-14(21)3-2-4-15(20)22/h5-6,12-14,16-19,23,25H,2-4,7-11H2,1H3. The summed E-state index contributed by atoms with van der Waals surface area (Å²) < 4.78 is 28.6. The lowest BCUT2D eigenvalue weighted by Crippen LogP contribution is -2.45. The summed E-state index contributed by atoms with van der Waals surface area (Å²) in [5.74, 6) is 0.562. The quantitative estimate of drug-likeness (QED) is 0.766. The van der Waals surface area contributed by atoms with Crippen LogP contribution in [0, 0.1) is 11.8 Å². The van der Waals surface area contributed by atoms with Crippen molar-refractivity contribution >= 4 is 0 Å². The molecule has 0 aromatic rings. The monoisotopic (exact) mass is 352 g/mol. The first-order valence-electron chi connectivity index (χ1n) is 9.92. The third kappa shape index (κ3) is 3.19. The zero-order valence-electron chi connectivity index (χ0n) is 15.0. The molecular weight excluding hydrogens is 322 g/mol. The average molecular weight is 352 g/mol. The molecule has 0 spiro atoms. The Bertz CT molecular complexity index is 564. The first-order chi connectivity index (χ1) is 12.1. The number of allylic oxidation sites excluding steroid dienone is 1. The smallest absolute Gasteiger partial charge is 0.125 e. The zero-order valence-corrected chi connectivity index (χ0v) is 15.0. The van der Waals surface area contributed by atoms with Crippen molar-refractivity contribution in [3.8, 4) is 0 Å². The summed E-state index contributed by atoms with van der Waals surface area (Å²) >= 11 is 0. The third-order valence-corrected chi connectivity index (χ3v) is 6.82. The van der Waals surface area contributed by atoms with Gasteiger partial charge in [0.15, 0.2) is 0 Å². The average Bonchev–Trinajstić information content (AvgIpc) is 3.15. The number of alkyl halides is 1. The SMILES string of the molecule is CC1CC(CO)C=CC1N1CCC2NC(C3=C(F)CCCC3F)CC21. The highest BCUT2D eigenvalue weighted by atomic mass is 19.1. The van der Waals surface area contributed by atoms with Crippen LogP contribution in [0.5, 0.6) is 0 Å². The van der Waals surface area contributed by atoms with Crippen LogP contribution in [0.2, 0.25) is 0 Å². The van der Waals surface area contributed by atoms with E-state index in [9.17, 15) is 13.9 Å². The van der Waals surface area contributed by atoms with Crippen molar-refractivity contribution in [2.24, 2.45) is 11.8 Å². The van der Waals surface area contributed by atoms with Gasteiger partial charge in [-0.15, -0.1) is 0 Å². The molecule has 2 N–H and O–H groups in total. The Morgan fingerprint density at radius 2 is 2.12 bits per heavy atom. The molecule has 2 aliphatic carbocycles. The summed E-state index contributed by atoms with van der Waals surface area (Å²) in [7, 11) is 0. The molecule has 3 nitrogen and oxygen atoms in total. The van der Waals surface area contributed by atoms with Crippen LogP contribution in [0.1, 0.15) is 45.4 Å². The Hall–Kier alpha value is -0.780. The number of halogens is 2. The van der Waals surface area contributed by atoms with Crippen molar-refractivity contribution in [2.75, 3.05) is 13.2 Å². The van der Waals surface area contributed by atoms with Crippen molar-refractivity contribution in [1.29, 1.82) is 0 Å². The summed E-state index contributed by atoms with van der Waals surface area (Å²) in [4.78, 5) is 2.54. The van der Waals surface area contributed by atoms with Crippen LogP contribution in [0.4, 0.5) is 8.78 Å². The van der Waals surface area contributed by atoms with Gasteiger partial charge in [-0.05, 0) is 44.4 Å². The lowest BCUT2D eigenvalue weighted by molar-refractivity contribution is 0.133. The van der Waals surface area contributed by atoms with Gasteiger partial charge in [-0.1, -0.05) is 19.1 Å². The molecule has 7 unspecified atom stereocenters. The van der Waals surface area contributed by atoms with E-state index in [2.05, 4.69) is 29.3 Å². The maximum Gasteiger partial charge on any atom is 0.125 e. The van der Waals surface area contributed by atoms with E-state index in [1.54, 1.807) is 0 Å². The summed E-state index contributed by atoms with van der Waals surface area (Å²) in [6, 6.07) is 0.948. The maximum atomic E-state index is 14.3. The van der Waals surface area contributed by atoms with E-state index in [1.165, 1.54) is 0 Å². The van der Waals surface area contributed by atoms with Gasteiger partial charge in [0.2, 0.25) is 0 Å². The van der Waals surface area contributed by atoms with Crippen molar-refractivity contribution in [3.05, 3.63) is 23.6 Å². The fourth-order valence-corrected chi connectivity index (χ4v) is 5.57. The lowest BCUT2D eigenvalue weighted by Gasteiger charge is -2.38. The first kappa shape index (κ1) is 17.6. The van der Waals surface area contributed by atoms with Crippen molar-refractivity contribution in [1.82, 2.24) is 10.2 Å². The molecule has 7 atom stereocenters. The molecule has 2 saturated heterocycles. The molecule has 5 heteroatoms. The van der Waals surface area contributed by atoms with E-state index >= 15 is 0 Å². The van der Waals surface area contributed by atoms with Crippen LogP contribution in [0.3, 0.4) is 0 Å². The number of nitrogens with zero attached hydrogens (tertiary/aromatic N) is 1. The molecule has 140 valence electrons. The Morgan fingerprint density at radius 1 is 1.28 bits per heavy atom. The van der Waals surface area contributed by atoms with E-state index in [1.807, 2.05) is 0 Å². The van der Waals surface area contributed by atoms with Gasteiger partial charge in [-0.2, -0.15) is 0 Å². The summed E-state index contributed by atoms with van der Waals surface area (Å²) in [5, 5.41) is 12.9. The normalized spacial score (nSPS) is 45.2. The number of hydrogen-bond acceptors (Lipinski definition) is 3. The van der Waals surface area contributed by atoms with Crippen LogP contribution >= 0.6 is 0 Å². The van der Waals surface area contributed by atoms with Crippen LogP contribution in [-0.2, 0) is 0 Å². The van der Waals surface area contributed by atoms with E-state index in [0.29, 0.717) is 48.9 Å². The van der Waals surface area contributed by atoms with Crippen LogP contribution in [0.15, 0.2) is 23.6 Å². The topological polar surface area (TPSA) is 35.5 Å². The molecule has 0 aromatic carbocycles. The Labute approximate surface area is 149 Å². The molecule has 0 aromatic heterocycles. The molecule has 0 bridgehead atoms. The molecule has 2 aliphatic heterocycles. The maximum absolute atomic E-state index is 14.3. The van der Waals surface area contributed by atoms with Crippen LogP contribution in [0.25, 0.3) is 0 Å². The summed E-state index contributed by atoms with van der Waals surface area (Å²) in [5.41, 5.74) is 0.410. The van der Waals surface area contributed by atoms with E-state index in [-0.39, 0.29) is 24.4 Å². The number of rotatable bonds is 3. The van der Waals surface area contributed by atoms with Gasteiger partial charge in [0.1, 0.15) is 12.0 Å². The number of fused-ring (bicyclic) bond motifs is 1. The van der Waals surface area contributed by atoms with E-state index in [0.717, 1.165) is 25.8 Å². The minimum atomic E-state index is -1.11. The minimum absolute atomic E-state index is 0.138. The van der Waals surface area contributed by atoms with Gasteiger partial charge < -0.3 is 10.4 Å². The van der Waals surface area contributed by atoms with Gasteiger partial charge in [0, 0.05) is 48.8 Å². The third-order valence-electron chi connectivity index (χ3n) is 6.82. The molecule has 4 rings (SSSR count). The molecule has 4 aliphatic rings. The number of aliphatic hydroxyl groups is 1. The highest BCUT2D eigenvalue weighted by molar-refractivity contribution is 5.26. The van der Waals surface area contributed by atoms with Gasteiger partial charge in [0.25, 0.3) is 0 Å². The molecule has 2 fully saturated rings. The van der Waals surface area contributed by atoms with Gasteiger partial charge in [-0.25, -0.2) is 8.78 Å². The fourth-order valence-electron chi connectivity index (χ4n) is 5.57. The van der Waals surface area contributed by atoms with E-state index < -0.39 is 6.17 Å². The van der Waals surface area contributed by atoms with Crippen molar-refractivity contribution in [2.45, 2.75) is 75.8 Å². The molecule has 0 radical (unpaired) electrons. The molecule has 25 heavy (non-hydrogen) atoms. The minimum Gasteiger partial charge on any atom is -0.396 e. The number of nitrogens with one attached hydrogen (secondary N) is 1. The van der Waals surface area contributed by atoms with E-state index in [4.69, 9.17) is 0 Å². The second kappa shape index (κ2) is 7.09. The molecule has 0 saturated carbocycles. The molecule has 0 amide bonds. The number of hydrogen-bond donors (Lipinski definition) is 2. The highest BCUT2D eigenvalue weighted by Gasteiger charge is 2.47. The highest BCUT2D eigenvalue weighted by Crippen LogP contribution is 2.40. The predicted molar refractivity (Wildman–Crippen MR) is 94.6 cm³/mol. The summed E-state index contributed by atoms with van der Waals surface area (Å²) in [6.07, 6.45) is 7.65. The number of likely N-dealkylation sites (tertiary alicyclic amines) is 1. The molecule has 2 heterocycles.